The molecule has 0 atom stereocenters. The number of hydrogen-bond donors (Lipinski definition) is 1. The number of hydrogen-bond acceptors (Lipinski definition) is 4. The predicted molar refractivity (Wildman–Crippen MR) is 124 cm³/mol. The summed E-state index contributed by atoms with van der Waals surface area (Å²) in [5.41, 5.74) is 1.66. The first kappa shape index (κ1) is 22.8. The van der Waals surface area contributed by atoms with Crippen molar-refractivity contribution in [2.24, 2.45) is 5.92 Å². The van der Waals surface area contributed by atoms with E-state index in [1.54, 1.807) is 29.2 Å². The van der Waals surface area contributed by atoms with Gasteiger partial charge in [0.2, 0.25) is 15.9 Å². The second-order valence-electron chi connectivity index (χ2n) is 7.67. The van der Waals surface area contributed by atoms with Crippen molar-refractivity contribution < 1.29 is 13.2 Å². The summed E-state index contributed by atoms with van der Waals surface area (Å²) in [5.74, 6) is -0.383. The summed E-state index contributed by atoms with van der Waals surface area (Å²) in [7, 11) is -3.59. The van der Waals surface area contributed by atoms with Crippen molar-refractivity contribution in [2.45, 2.75) is 24.3 Å². The Morgan fingerprint density at radius 2 is 1.59 bits per heavy atom. The lowest BCUT2D eigenvalue weighted by atomic mass is 9.97. The van der Waals surface area contributed by atoms with Crippen LogP contribution in [0.25, 0.3) is 0 Å². The molecule has 1 saturated heterocycles. The minimum atomic E-state index is -3.59. The summed E-state index contributed by atoms with van der Waals surface area (Å²) < 4.78 is 28.8. The number of aromatic nitrogens is 2. The normalized spacial score (nSPS) is 15.6. The Balaban J connectivity index is 1.31. The molecule has 1 aliphatic heterocycles. The van der Waals surface area contributed by atoms with Gasteiger partial charge in [-0.3, -0.25) is 9.48 Å². The quantitative estimate of drug-likeness (QED) is 0.556. The standard InChI is InChI=1S/C22H22Cl2N4O3S/c23-18-3-1-16(2-4-18)14-27-15-20(13-25-27)26-22(29)17-9-11-28(12-10-17)32(30,31)21-7-5-19(24)6-8-21/h1-8,13,15,17H,9-12,14H2,(H,26,29). The van der Waals surface area contributed by atoms with Crippen molar-refractivity contribution in [3.63, 3.8) is 0 Å². The third-order valence-corrected chi connectivity index (χ3v) is 7.85. The molecular formula is C22H22Cl2N4O3S. The highest BCUT2D eigenvalue weighted by Crippen LogP contribution is 2.25. The summed E-state index contributed by atoms with van der Waals surface area (Å²) in [4.78, 5) is 12.9. The molecule has 0 saturated carbocycles. The number of piperidine rings is 1. The van der Waals surface area contributed by atoms with Crippen LogP contribution >= 0.6 is 23.2 Å². The zero-order valence-electron chi connectivity index (χ0n) is 17.1. The lowest BCUT2D eigenvalue weighted by molar-refractivity contribution is -0.120. The molecule has 32 heavy (non-hydrogen) atoms. The van der Waals surface area contributed by atoms with Gasteiger partial charge in [-0.25, -0.2) is 8.42 Å². The molecule has 4 rings (SSSR count). The average Bonchev–Trinajstić information content (AvgIpc) is 3.22. The highest BCUT2D eigenvalue weighted by atomic mass is 35.5. The molecule has 3 aromatic rings. The Labute approximate surface area is 197 Å². The molecule has 0 unspecified atom stereocenters. The number of halogens is 2. The third-order valence-electron chi connectivity index (χ3n) is 5.43. The Morgan fingerprint density at radius 1 is 1.00 bits per heavy atom. The van der Waals surface area contributed by atoms with Gasteiger partial charge in [-0.2, -0.15) is 9.40 Å². The fourth-order valence-electron chi connectivity index (χ4n) is 3.65. The summed E-state index contributed by atoms with van der Waals surface area (Å²) in [5, 5.41) is 8.34. The molecule has 0 aliphatic carbocycles. The molecule has 10 heteroatoms. The van der Waals surface area contributed by atoms with E-state index in [1.807, 2.05) is 24.3 Å². The third kappa shape index (κ3) is 5.32. The van der Waals surface area contributed by atoms with E-state index in [1.165, 1.54) is 16.4 Å². The molecule has 1 amide bonds. The lowest BCUT2D eigenvalue weighted by Gasteiger charge is -2.30. The van der Waals surface area contributed by atoms with E-state index in [4.69, 9.17) is 23.2 Å². The topological polar surface area (TPSA) is 84.3 Å². The van der Waals surface area contributed by atoms with Gasteiger partial charge in [0.25, 0.3) is 0 Å². The summed E-state index contributed by atoms with van der Waals surface area (Å²) in [6.07, 6.45) is 4.29. The molecule has 1 aromatic heterocycles. The fraction of sp³-hybridized carbons (Fsp3) is 0.273. The highest BCUT2D eigenvalue weighted by Gasteiger charge is 2.32. The van der Waals surface area contributed by atoms with E-state index in [2.05, 4.69) is 10.4 Å². The van der Waals surface area contributed by atoms with Crippen LogP contribution in [0.15, 0.2) is 65.8 Å². The predicted octanol–water partition coefficient (Wildman–Crippen LogP) is 4.28. The Bertz CT molecular complexity index is 1190. The van der Waals surface area contributed by atoms with Crippen molar-refractivity contribution in [3.05, 3.63) is 76.5 Å². The monoisotopic (exact) mass is 492 g/mol. The van der Waals surface area contributed by atoms with Crippen molar-refractivity contribution in [1.82, 2.24) is 14.1 Å². The number of benzene rings is 2. The fourth-order valence-corrected chi connectivity index (χ4v) is 5.37. The van der Waals surface area contributed by atoms with Crippen LogP contribution in [0.4, 0.5) is 5.69 Å². The second-order valence-corrected chi connectivity index (χ2v) is 10.5. The van der Waals surface area contributed by atoms with Crippen LogP contribution in [0.3, 0.4) is 0 Å². The van der Waals surface area contributed by atoms with Gasteiger partial charge < -0.3 is 5.32 Å². The van der Waals surface area contributed by atoms with Gasteiger partial charge in [0.05, 0.1) is 23.3 Å². The molecule has 1 N–H and O–H groups in total. The van der Waals surface area contributed by atoms with Gasteiger partial charge in [-0.15, -0.1) is 0 Å². The summed E-state index contributed by atoms with van der Waals surface area (Å²) >= 11 is 11.8. The maximum atomic E-state index is 12.8. The highest BCUT2D eigenvalue weighted by molar-refractivity contribution is 7.89. The molecule has 0 bridgehead atoms. The first-order chi connectivity index (χ1) is 15.3. The molecule has 168 valence electrons. The van der Waals surface area contributed by atoms with E-state index in [0.717, 1.165) is 5.56 Å². The number of nitrogens with one attached hydrogen (secondary N) is 1. The lowest BCUT2D eigenvalue weighted by Crippen LogP contribution is -2.41. The number of anilines is 1. The van der Waals surface area contributed by atoms with Crippen molar-refractivity contribution in [3.8, 4) is 0 Å². The summed E-state index contributed by atoms with van der Waals surface area (Å²) in [6.45, 7) is 1.14. The minimum Gasteiger partial charge on any atom is -0.323 e. The SMILES string of the molecule is O=C(Nc1cnn(Cc2ccc(Cl)cc2)c1)C1CCN(S(=O)(=O)c2ccc(Cl)cc2)CC1. The van der Waals surface area contributed by atoms with Gasteiger partial charge in [-0.1, -0.05) is 35.3 Å². The van der Waals surface area contributed by atoms with Crippen LogP contribution in [0.5, 0.6) is 0 Å². The van der Waals surface area contributed by atoms with Crippen LogP contribution in [-0.2, 0) is 21.4 Å². The number of nitrogens with zero attached hydrogens (tertiary/aromatic N) is 3. The second kappa shape index (κ2) is 9.62. The molecule has 0 radical (unpaired) electrons. The van der Waals surface area contributed by atoms with Crippen LogP contribution in [-0.4, -0.2) is 41.5 Å². The minimum absolute atomic E-state index is 0.125. The Hall–Kier alpha value is -2.39. The summed E-state index contributed by atoms with van der Waals surface area (Å²) in [6, 6.07) is 13.6. The number of rotatable bonds is 6. The number of amides is 1. The van der Waals surface area contributed by atoms with Crippen LogP contribution < -0.4 is 5.32 Å². The maximum absolute atomic E-state index is 12.8. The number of carbonyl (C=O) groups is 1. The first-order valence-corrected chi connectivity index (χ1v) is 12.3. The van der Waals surface area contributed by atoms with E-state index >= 15 is 0 Å². The van der Waals surface area contributed by atoms with E-state index in [9.17, 15) is 13.2 Å². The van der Waals surface area contributed by atoms with Crippen molar-refractivity contribution in [1.29, 1.82) is 0 Å². The molecule has 1 fully saturated rings. The molecular weight excluding hydrogens is 471 g/mol. The average molecular weight is 493 g/mol. The Kier molecular flexibility index (Phi) is 6.85. The zero-order valence-corrected chi connectivity index (χ0v) is 19.4. The van der Waals surface area contributed by atoms with Gasteiger partial charge in [0, 0.05) is 35.2 Å². The molecule has 2 heterocycles. The van der Waals surface area contributed by atoms with Gasteiger partial charge in [0.15, 0.2) is 0 Å². The molecule has 7 nitrogen and oxygen atoms in total. The van der Waals surface area contributed by atoms with Crippen LogP contribution in [0.1, 0.15) is 18.4 Å². The van der Waals surface area contributed by atoms with Crippen LogP contribution in [0.2, 0.25) is 10.0 Å². The number of carbonyl (C=O) groups excluding carboxylic acids is 1. The van der Waals surface area contributed by atoms with E-state index in [0.29, 0.717) is 48.2 Å². The molecule has 0 spiro atoms. The Morgan fingerprint density at radius 3 is 2.22 bits per heavy atom. The first-order valence-electron chi connectivity index (χ1n) is 10.1. The molecule has 1 aliphatic rings. The molecule has 2 aromatic carbocycles. The maximum Gasteiger partial charge on any atom is 0.243 e. The van der Waals surface area contributed by atoms with Crippen molar-refractivity contribution in [2.75, 3.05) is 18.4 Å². The van der Waals surface area contributed by atoms with Crippen molar-refractivity contribution >= 4 is 44.8 Å². The smallest absolute Gasteiger partial charge is 0.243 e. The zero-order chi connectivity index (χ0) is 22.7. The largest absolute Gasteiger partial charge is 0.323 e. The van der Waals surface area contributed by atoms with Gasteiger partial charge in [-0.05, 0) is 54.8 Å². The van der Waals surface area contributed by atoms with Gasteiger partial charge >= 0.3 is 0 Å². The van der Waals surface area contributed by atoms with Crippen LogP contribution in [0, 0.1) is 5.92 Å². The van der Waals surface area contributed by atoms with E-state index in [-0.39, 0.29) is 16.7 Å². The number of sulfonamides is 1. The van der Waals surface area contributed by atoms with E-state index < -0.39 is 10.0 Å². The van der Waals surface area contributed by atoms with Gasteiger partial charge in [0.1, 0.15) is 0 Å².